The summed E-state index contributed by atoms with van der Waals surface area (Å²) in [5, 5.41) is 0. The summed E-state index contributed by atoms with van der Waals surface area (Å²) in [5.74, 6) is -0.479. The van der Waals surface area contributed by atoms with E-state index in [-0.39, 0.29) is 5.69 Å². The molecule has 1 aromatic heterocycles. The normalized spacial score (nSPS) is 10.0. The second kappa shape index (κ2) is 6.32. The van der Waals surface area contributed by atoms with Gasteiger partial charge in [0, 0.05) is 24.5 Å². The zero-order valence-corrected chi connectivity index (χ0v) is 12.6. The Morgan fingerprint density at radius 1 is 1.33 bits per heavy atom. The van der Waals surface area contributed by atoms with Crippen LogP contribution in [-0.2, 0) is 4.74 Å². The third kappa shape index (κ3) is 3.17. The highest BCUT2D eigenvalue weighted by atomic mass is 32.1. The van der Waals surface area contributed by atoms with E-state index in [1.807, 2.05) is 36.2 Å². The fourth-order valence-corrected chi connectivity index (χ4v) is 2.13. The number of nitrogens with zero attached hydrogens (tertiary/aromatic N) is 2. The summed E-state index contributed by atoms with van der Waals surface area (Å²) in [6.45, 7) is 0. The first-order valence-corrected chi connectivity index (χ1v) is 6.62. The Hall–Kier alpha value is -2.47. The molecule has 0 spiro atoms. The van der Waals surface area contributed by atoms with Gasteiger partial charge < -0.3 is 15.4 Å². The number of aromatic nitrogens is 1. The number of benzene rings is 1. The molecule has 1 heterocycles. The highest BCUT2D eigenvalue weighted by molar-refractivity contribution is 7.80. The van der Waals surface area contributed by atoms with Crippen LogP contribution in [0.25, 0.3) is 0 Å². The summed E-state index contributed by atoms with van der Waals surface area (Å²) in [7, 11) is 3.19. The quantitative estimate of drug-likeness (QED) is 0.690. The lowest BCUT2D eigenvalue weighted by atomic mass is 10.1. The first-order valence-electron chi connectivity index (χ1n) is 6.21. The maximum Gasteiger partial charge on any atom is 0.356 e. The zero-order valence-electron chi connectivity index (χ0n) is 11.7. The van der Waals surface area contributed by atoms with Crippen molar-refractivity contribution in [3.05, 3.63) is 53.9 Å². The van der Waals surface area contributed by atoms with Gasteiger partial charge in [0.1, 0.15) is 10.7 Å². The molecule has 0 aliphatic carbocycles. The molecule has 0 bridgehead atoms. The standard InChI is InChI=1S/C15H15N3O2S/c1-18(13-6-4-3-5-11(13)14(16)21)10-7-8-17-12(9-10)15(19)20-2/h3-9H,1-2H3,(H2,16,21). The lowest BCUT2D eigenvalue weighted by molar-refractivity contribution is 0.0594. The van der Waals surface area contributed by atoms with Gasteiger partial charge in [-0.05, 0) is 24.3 Å². The summed E-state index contributed by atoms with van der Waals surface area (Å²) in [6, 6.07) is 11.0. The largest absolute Gasteiger partial charge is 0.464 e. The minimum atomic E-state index is -0.479. The van der Waals surface area contributed by atoms with Crippen molar-refractivity contribution >= 4 is 34.6 Å². The predicted octanol–water partition coefficient (Wildman–Crippen LogP) is 2.27. The number of esters is 1. The predicted molar refractivity (Wildman–Crippen MR) is 86.0 cm³/mol. The maximum atomic E-state index is 11.6. The van der Waals surface area contributed by atoms with Gasteiger partial charge in [-0.2, -0.15) is 0 Å². The molecular formula is C15H15N3O2S. The molecule has 108 valence electrons. The Morgan fingerprint density at radius 2 is 2.05 bits per heavy atom. The molecule has 0 fully saturated rings. The molecule has 0 atom stereocenters. The molecule has 21 heavy (non-hydrogen) atoms. The third-order valence-electron chi connectivity index (χ3n) is 3.06. The van der Waals surface area contributed by atoms with Gasteiger partial charge in [-0.1, -0.05) is 24.4 Å². The fraction of sp³-hybridized carbons (Fsp3) is 0.133. The molecule has 2 aromatic rings. The Morgan fingerprint density at radius 3 is 2.71 bits per heavy atom. The summed E-state index contributed by atoms with van der Waals surface area (Å²) in [5.41, 5.74) is 8.40. The summed E-state index contributed by atoms with van der Waals surface area (Å²) in [4.78, 5) is 17.8. The Kier molecular flexibility index (Phi) is 4.49. The molecule has 0 amide bonds. The number of methoxy groups -OCH3 is 1. The molecule has 0 saturated heterocycles. The number of hydrogen-bond donors (Lipinski definition) is 1. The van der Waals surface area contributed by atoms with E-state index in [4.69, 9.17) is 18.0 Å². The van der Waals surface area contributed by atoms with Gasteiger partial charge in [0.25, 0.3) is 0 Å². The monoisotopic (exact) mass is 301 g/mol. The SMILES string of the molecule is COC(=O)c1cc(N(C)c2ccccc2C(N)=S)ccn1. The number of pyridine rings is 1. The number of nitrogens with two attached hydrogens (primary N) is 1. The summed E-state index contributed by atoms with van der Waals surface area (Å²) in [6.07, 6.45) is 1.56. The van der Waals surface area contributed by atoms with Crippen LogP contribution in [-0.4, -0.2) is 30.1 Å². The van der Waals surface area contributed by atoms with Crippen LogP contribution >= 0.6 is 12.2 Å². The molecular weight excluding hydrogens is 286 g/mol. The van der Waals surface area contributed by atoms with Crippen molar-refractivity contribution in [2.75, 3.05) is 19.1 Å². The third-order valence-corrected chi connectivity index (χ3v) is 3.28. The number of hydrogen-bond acceptors (Lipinski definition) is 5. The van der Waals surface area contributed by atoms with Crippen LogP contribution in [0.3, 0.4) is 0 Å². The van der Waals surface area contributed by atoms with Crippen molar-refractivity contribution in [3.8, 4) is 0 Å². The van der Waals surface area contributed by atoms with Gasteiger partial charge in [0.15, 0.2) is 0 Å². The molecule has 0 radical (unpaired) electrons. The molecule has 0 saturated carbocycles. The lowest BCUT2D eigenvalue weighted by Gasteiger charge is -2.22. The highest BCUT2D eigenvalue weighted by Crippen LogP contribution is 2.27. The summed E-state index contributed by atoms with van der Waals surface area (Å²) >= 11 is 5.07. The van der Waals surface area contributed by atoms with Crippen molar-refractivity contribution in [2.45, 2.75) is 0 Å². The second-order valence-corrected chi connectivity index (χ2v) is 4.77. The van der Waals surface area contributed by atoms with Crippen LogP contribution in [0.15, 0.2) is 42.6 Å². The van der Waals surface area contributed by atoms with E-state index in [1.165, 1.54) is 7.11 Å². The molecule has 2 rings (SSSR count). The lowest BCUT2D eigenvalue weighted by Crippen LogP contribution is -2.18. The van der Waals surface area contributed by atoms with Crippen LogP contribution in [0.2, 0.25) is 0 Å². The van der Waals surface area contributed by atoms with Crippen molar-refractivity contribution in [3.63, 3.8) is 0 Å². The number of para-hydroxylation sites is 1. The number of thiocarbonyl (C=S) groups is 1. The van der Waals surface area contributed by atoms with Crippen molar-refractivity contribution in [1.29, 1.82) is 0 Å². The van der Waals surface area contributed by atoms with Gasteiger partial charge in [0.05, 0.1) is 12.8 Å². The van der Waals surface area contributed by atoms with E-state index in [0.717, 1.165) is 16.9 Å². The highest BCUT2D eigenvalue weighted by Gasteiger charge is 2.13. The van der Waals surface area contributed by atoms with Crippen LogP contribution in [0.1, 0.15) is 16.1 Å². The van der Waals surface area contributed by atoms with Crippen LogP contribution in [0.4, 0.5) is 11.4 Å². The fourth-order valence-electron chi connectivity index (χ4n) is 1.96. The molecule has 1 aromatic carbocycles. The maximum absolute atomic E-state index is 11.6. The topological polar surface area (TPSA) is 68.5 Å². The van der Waals surface area contributed by atoms with Crippen LogP contribution < -0.4 is 10.6 Å². The van der Waals surface area contributed by atoms with Gasteiger partial charge >= 0.3 is 5.97 Å². The first kappa shape index (κ1) is 14.9. The van der Waals surface area contributed by atoms with Crippen LogP contribution in [0, 0.1) is 0 Å². The minimum absolute atomic E-state index is 0.245. The molecule has 5 nitrogen and oxygen atoms in total. The van der Waals surface area contributed by atoms with E-state index in [1.54, 1.807) is 18.3 Å². The second-order valence-electron chi connectivity index (χ2n) is 4.33. The molecule has 0 aliphatic heterocycles. The average molecular weight is 301 g/mol. The Labute approximate surface area is 128 Å². The van der Waals surface area contributed by atoms with E-state index in [9.17, 15) is 4.79 Å². The number of anilines is 2. The zero-order chi connectivity index (χ0) is 15.4. The number of ether oxygens (including phenoxy) is 1. The van der Waals surface area contributed by atoms with Gasteiger partial charge in [-0.25, -0.2) is 9.78 Å². The van der Waals surface area contributed by atoms with Crippen LogP contribution in [0.5, 0.6) is 0 Å². The molecule has 0 aliphatic rings. The van der Waals surface area contributed by atoms with Crippen molar-refractivity contribution < 1.29 is 9.53 Å². The van der Waals surface area contributed by atoms with E-state index >= 15 is 0 Å². The Balaban J connectivity index is 2.43. The summed E-state index contributed by atoms with van der Waals surface area (Å²) < 4.78 is 4.68. The number of carbonyl (C=O) groups is 1. The van der Waals surface area contributed by atoms with Gasteiger partial charge in [0.2, 0.25) is 0 Å². The van der Waals surface area contributed by atoms with Crippen molar-refractivity contribution in [1.82, 2.24) is 4.98 Å². The van der Waals surface area contributed by atoms with Gasteiger partial charge in [-0.3, -0.25) is 0 Å². The first-order chi connectivity index (χ1) is 10.0. The number of carbonyl (C=O) groups excluding carboxylic acids is 1. The Bertz CT molecular complexity index is 688. The average Bonchev–Trinajstić information content (AvgIpc) is 2.53. The van der Waals surface area contributed by atoms with Gasteiger partial charge in [-0.15, -0.1) is 0 Å². The van der Waals surface area contributed by atoms with E-state index in [0.29, 0.717) is 4.99 Å². The van der Waals surface area contributed by atoms with E-state index in [2.05, 4.69) is 9.72 Å². The van der Waals surface area contributed by atoms with Crippen molar-refractivity contribution in [2.24, 2.45) is 5.73 Å². The smallest absolute Gasteiger partial charge is 0.356 e. The molecule has 6 heteroatoms. The minimum Gasteiger partial charge on any atom is -0.464 e. The molecule has 0 unspecified atom stereocenters. The number of rotatable bonds is 4. The molecule has 2 N–H and O–H groups in total. The van der Waals surface area contributed by atoms with E-state index < -0.39 is 5.97 Å².